The van der Waals surface area contributed by atoms with Crippen LogP contribution < -0.4 is 15.4 Å². The minimum Gasteiger partial charge on any atom is -0.497 e. The molecule has 2 aliphatic heterocycles. The molecule has 1 saturated heterocycles. The fourth-order valence-electron chi connectivity index (χ4n) is 3.14. The van der Waals surface area contributed by atoms with Gasteiger partial charge in [-0.15, -0.1) is 11.3 Å². The number of hydrogen-bond donors (Lipinski definition) is 2. The number of methoxy groups -OCH3 is 1. The average Bonchev–Trinajstić information content (AvgIpc) is 3.29. The Morgan fingerprint density at radius 3 is 2.84 bits per heavy atom. The summed E-state index contributed by atoms with van der Waals surface area (Å²) in [7, 11) is 1.54. The summed E-state index contributed by atoms with van der Waals surface area (Å²) in [4.78, 5) is 42.7. The Balaban J connectivity index is 1.68. The molecule has 4 rings (SSSR count). The number of thiazole rings is 1. The van der Waals surface area contributed by atoms with Crippen LogP contribution in [0.25, 0.3) is 0 Å². The zero-order valence-electron chi connectivity index (χ0n) is 13.2. The first kappa shape index (κ1) is 15.6. The number of urea groups is 1. The van der Waals surface area contributed by atoms with Gasteiger partial charge in [-0.1, -0.05) is 6.07 Å². The minimum atomic E-state index is -1.37. The molecule has 0 bridgehead atoms. The van der Waals surface area contributed by atoms with Gasteiger partial charge in [0.1, 0.15) is 10.8 Å². The lowest BCUT2D eigenvalue weighted by Gasteiger charge is -2.28. The van der Waals surface area contributed by atoms with Crippen molar-refractivity contribution in [3.63, 3.8) is 0 Å². The van der Waals surface area contributed by atoms with Crippen molar-refractivity contribution in [1.82, 2.24) is 20.5 Å². The van der Waals surface area contributed by atoms with E-state index in [0.29, 0.717) is 22.9 Å². The fraction of sp³-hybridized carbons (Fsp3) is 0.250. The molecule has 2 aliphatic rings. The molecule has 0 spiro atoms. The molecule has 128 valence electrons. The molecule has 1 aromatic heterocycles. The molecular weight excluding hydrogens is 344 g/mol. The van der Waals surface area contributed by atoms with Gasteiger partial charge in [-0.25, -0.2) is 9.78 Å². The molecule has 1 fully saturated rings. The van der Waals surface area contributed by atoms with Crippen molar-refractivity contribution in [2.24, 2.45) is 0 Å². The number of amides is 4. The van der Waals surface area contributed by atoms with Gasteiger partial charge in [-0.2, -0.15) is 0 Å². The zero-order chi connectivity index (χ0) is 17.6. The Morgan fingerprint density at radius 1 is 1.36 bits per heavy atom. The minimum absolute atomic E-state index is 0.00785. The monoisotopic (exact) mass is 358 g/mol. The van der Waals surface area contributed by atoms with Crippen molar-refractivity contribution in [3.8, 4) is 5.75 Å². The van der Waals surface area contributed by atoms with Gasteiger partial charge in [-0.05, 0) is 17.7 Å². The predicted molar refractivity (Wildman–Crippen MR) is 88.2 cm³/mol. The van der Waals surface area contributed by atoms with Crippen LogP contribution in [-0.4, -0.2) is 41.4 Å². The van der Waals surface area contributed by atoms with Crippen LogP contribution in [0.15, 0.2) is 29.8 Å². The Morgan fingerprint density at radius 2 is 2.20 bits per heavy atom. The Kier molecular flexibility index (Phi) is 3.46. The molecule has 1 aromatic carbocycles. The van der Waals surface area contributed by atoms with Gasteiger partial charge in [0.15, 0.2) is 5.54 Å². The first-order valence-corrected chi connectivity index (χ1v) is 8.41. The third-order valence-corrected chi connectivity index (χ3v) is 5.30. The number of benzene rings is 1. The number of aromatic nitrogens is 1. The maximum absolute atomic E-state index is 12.8. The highest BCUT2D eigenvalue weighted by Crippen LogP contribution is 2.33. The normalized spacial score (nSPS) is 22.0. The van der Waals surface area contributed by atoms with Crippen LogP contribution in [0.5, 0.6) is 5.75 Å². The molecule has 0 unspecified atom stereocenters. The first-order valence-electron chi connectivity index (χ1n) is 7.53. The standard InChI is InChI=1S/C16H14N4O4S/c1-24-10-3-2-9-7-20(12(21)11(9)6-10)8-16(14-17-4-5-25-14)13(22)18-15(23)19-16/h2-6H,7-8H2,1H3,(H2,18,19,22,23)/t16-/m0/s1. The van der Waals surface area contributed by atoms with Gasteiger partial charge in [0.05, 0.1) is 13.7 Å². The molecule has 25 heavy (non-hydrogen) atoms. The lowest BCUT2D eigenvalue weighted by atomic mass is 10.00. The Hall–Kier alpha value is -2.94. The van der Waals surface area contributed by atoms with Crippen molar-refractivity contribution in [3.05, 3.63) is 45.9 Å². The number of carbonyl (C=O) groups is 3. The number of nitrogens with one attached hydrogen (secondary N) is 2. The summed E-state index contributed by atoms with van der Waals surface area (Å²) in [6, 6.07) is 4.71. The summed E-state index contributed by atoms with van der Waals surface area (Å²) in [6.07, 6.45) is 1.56. The van der Waals surface area contributed by atoms with E-state index in [2.05, 4.69) is 15.6 Å². The van der Waals surface area contributed by atoms with Crippen molar-refractivity contribution in [1.29, 1.82) is 0 Å². The number of hydrogen-bond acceptors (Lipinski definition) is 6. The zero-order valence-corrected chi connectivity index (χ0v) is 14.1. The van der Waals surface area contributed by atoms with Crippen LogP contribution >= 0.6 is 11.3 Å². The Labute approximate surface area is 146 Å². The molecule has 1 atom stereocenters. The highest BCUT2D eigenvalue weighted by atomic mass is 32.1. The highest BCUT2D eigenvalue weighted by molar-refractivity contribution is 7.09. The summed E-state index contributed by atoms with van der Waals surface area (Å²) in [5.41, 5.74) is 0.0238. The number of carbonyl (C=O) groups excluding carboxylic acids is 3. The van der Waals surface area contributed by atoms with Crippen LogP contribution in [0.2, 0.25) is 0 Å². The highest BCUT2D eigenvalue weighted by Gasteiger charge is 2.52. The number of fused-ring (bicyclic) bond motifs is 1. The van der Waals surface area contributed by atoms with E-state index in [1.165, 1.54) is 23.3 Å². The van der Waals surface area contributed by atoms with Crippen molar-refractivity contribution >= 4 is 29.2 Å². The quantitative estimate of drug-likeness (QED) is 0.789. The molecule has 4 amide bonds. The molecule has 2 aromatic rings. The van der Waals surface area contributed by atoms with E-state index < -0.39 is 17.5 Å². The van der Waals surface area contributed by atoms with Crippen LogP contribution in [0, 0.1) is 0 Å². The maximum atomic E-state index is 12.8. The molecule has 0 radical (unpaired) electrons. The Bertz CT molecular complexity index is 882. The molecule has 2 N–H and O–H groups in total. The van der Waals surface area contributed by atoms with Crippen molar-refractivity contribution in [2.45, 2.75) is 12.1 Å². The predicted octanol–water partition coefficient (Wildman–Crippen LogP) is 0.842. The number of nitrogens with zero attached hydrogens (tertiary/aromatic N) is 2. The van der Waals surface area contributed by atoms with Gasteiger partial charge >= 0.3 is 6.03 Å². The lowest BCUT2D eigenvalue weighted by molar-refractivity contribution is -0.124. The largest absolute Gasteiger partial charge is 0.497 e. The molecule has 9 heteroatoms. The van der Waals surface area contributed by atoms with E-state index in [1.807, 2.05) is 6.07 Å². The maximum Gasteiger partial charge on any atom is 0.322 e. The smallest absolute Gasteiger partial charge is 0.322 e. The number of imide groups is 1. The molecule has 0 saturated carbocycles. The van der Waals surface area contributed by atoms with E-state index in [9.17, 15) is 14.4 Å². The van der Waals surface area contributed by atoms with E-state index in [4.69, 9.17) is 4.74 Å². The molecule has 0 aliphatic carbocycles. The molecule has 8 nitrogen and oxygen atoms in total. The topological polar surface area (TPSA) is 101 Å². The molecule has 3 heterocycles. The van der Waals surface area contributed by atoms with Gasteiger partial charge < -0.3 is 15.0 Å². The second-order valence-corrected chi connectivity index (χ2v) is 6.73. The average molecular weight is 358 g/mol. The fourth-order valence-corrected chi connectivity index (χ4v) is 3.92. The number of rotatable bonds is 4. The van der Waals surface area contributed by atoms with E-state index in [-0.39, 0.29) is 12.5 Å². The second-order valence-electron chi connectivity index (χ2n) is 5.84. The van der Waals surface area contributed by atoms with Gasteiger partial charge in [-0.3, -0.25) is 14.9 Å². The van der Waals surface area contributed by atoms with Crippen LogP contribution in [0.3, 0.4) is 0 Å². The SMILES string of the molecule is COc1ccc2c(c1)C(=O)N(C[C@]1(c3nccs3)NC(=O)NC1=O)C2. The number of ether oxygens (including phenoxy) is 1. The summed E-state index contributed by atoms with van der Waals surface area (Å²) in [5, 5.41) is 7.05. The van der Waals surface area contributed by atoms with E-state index in [0.717, 1.165) is 5.56 Å². The lowest BCUT2D eigenvalue weighted by Crippen LogP contribution is -2.52. The summed E-state index contributed by atoms with van der Waals surface area (Å²) in [6.45, 7) is 0.363. The summed E-state index contributed by atoms with van der Waals surface area (Å²) in [5.74, 6) is -0.122. The second kappa shape index (κ2) is 5.55. The van der Waals surface area contributed by atoms with Crippen LogP contribution in [0.1, 0.15) is 20.9 Å². The van der Waals surface area contributed by atoms with Gasteiger partial charge in [0, 0.05) is 23.7 Å². The summed E-state index contributed by atoms with van der Waals surface area (Å²) < 4.78 is 5.17. The van der Waals surface area contributed by atoms with Gasteiger partial charge in [0.2, 0.25) is 0 Å². The van der Waals surface area contributed by atoms with Crippen molar-refractivity contribution in [2.75, 3.05) is 13.7 Å². The van der Waals surface area contributed by atoms with Gasteiger partial charge in [0.25, 0.3) is 11.8 Å². The van der Waals surface area contributed by atoms with Crippen LogP contribution in [0.4, 0.5) is 4.79 Å². The third-order valence-electron chi connectivity index (χ3n) is 4.36. The summed E-state index contributed by atoms with van der Waals surface area (Å²) >= 11 is 1.25. The third kappa shape index (κ3) is 2.35. The van der Waals surface area contributed by atoms with Crippen molar-refractivity contribution < 1.29 is 19.1 Å². The first-order chi connectivity index (χ1) is 12.0. The van der Waals surface area contributed by atoms with E-state index >= 15 is 0 Å². The molecular formula is C16H14N4O4S. The van der Waals surface area contributed by atoms with E-state index in [1.54, 1.807) is 23.7 Å². The van der Waals surface area contributed by atoms with Crippen LogP contribution in [-0.2, 0) is 16.9 Å².